The highest BCUT2D eigenvalue weighted by molar-refractivity contribution is 5.72. The maximum absolute atomic E-state index is 11.3. The number of rotatable bonds is 4. The van der Waals surface area contributed by atoms with Gasteiger partial charge in [-0.1, -0.05) is 12.1 Å². The molecule has 1 aromatic rings. The monoisotopic (exact) mass is 275 g/mol. The molecular formula is C16H25N3O. The van der Waals surface area contributed by atoms with Crippen molar-refractivity contribution in [2.24, 2.45) is 5.73 Å². The molecule has 110 valence electrons. The molecule has 0 saturated heterocycles. The number of carbonyl (C=O) groups excluding carboxylic acids is 1. The summed E-state index contributed by atoms with van der Waals surface area (Å²) >= 11 is 0. The van der Waals surface area contributed by atoms with Gasteiger partial charge in [0.1, 0.15) is 0 Å². The summed E-state index contributed by atoms with van der Waals surface area (Å²) in [4.78, 5) is 13.0. The van der Waals surface area contributed by atoms with E-state index in [1.165, 1.54) is 12.8 Å². The molecule has 4 nitrogen and oxygen atoms in total. The van der Waals surface area contributed by atoms with Gasteiger partial charge < -0.3 is 16.0 Å². The van der Waals surface area contributed by atoms with Gasteiger partial charge in [-0.15, -0.1) is 0 Å². The zero-order valence-corrected chi connectivity index (χ0v) is 12.4. The van der Waals surface area contributed by atoms with Crippen LogP contribution in [0.1, 0.15) is 38.2 Å². The summed E-state index contributed by atoms with van der Waals surface area (Å²) in [6.45, 7) is 2.24. The van der Waals surface area contributed by atoms with Crippen molar-refractivity contribution in [1.29, 1.82) is 0 Å². The Bertz CT molecular complexity index is 461. The normalized spacial score (nSPS) is 22.4. The lowest BCUT2D eigenvalue weighted by Gasteiger charge is -2.28. The highest BCUT2D eigenvalue weighted by atomic mass is 16.2. The summed E-state index contributed by atoms with van der Waals surface area (Å²) < 4.78 is 0. The molecule has 3 N–H and O–H groups in total. The Balaban J connectivity index is 1.97. The number of nitrogens with zero attached hydrogens (tertiary/aromatic N) is 1. The lowest BCUT2D eigenvalue weighted by atomic mass is 9.91. The standard InChI is InChI=1S/C16H25N3O/c1-12(20)19(2)11-13-5-3-7-15(9-13)18-16-8-4-6-14(17)10-16/h3,5,7,9,14,16,18H,4,6,8,10-11,17H2,1-2H3. The van der Waals surface area contributed by atoms with E-state index in [0.29, 0.717) is 18.6 Å². The second-order valence-electron chi connectivity index (χ2n) is 5.84. The third-order valence-corrected chi connectivity index (χ3v) is 3.97. The van der Waals surface area contributed by atoms with Crippen LogP contribution in [0.4, 0.5) is 5.69 Å². The first kappa shape index (κ1) is 14.9. The molecule has 0 heterocycles. The first-order valence-corrected chi connectivity index (χ1v) is 7.37. The van der Waals surface area contributed by atoms with Gasteiger partial charge in [-0.25, -0.2) is 0 Å². The van der Waals surface area contributed by atoms with Crippen LogP contribution in [0.3, 0.4) is 0 Å². The van der Waals surface area contributed by atoms with Crippen LogP contribution in [0, 0.1) is 0 Å². The molecule has 0 radical (unpaired) electrons. The molecule has 2 atom stereocenters. The van der Waals surface area contributed by atoms with Gasteiger partial charge in [-0.05, 0) is 43.4 Å². The average molecular weight is 275 g/mol. The predicted molar refractivity (Wildman–Crippen MR) is 82.4 cm³/mol. The summed E-state index contributed by atoms with van der Waals surface area (Å²) in [5.74, 6) is 0.0848. The second kappa shape index (κ2) is 6.75. The Morgan fingerprint density at radius 3 is 2.95 bits per heavy atom. The van der Waals surface area contributed by atoms with Gasteiger partial charge in [0.15, 0.2) is 0 Å². The number of nitrogens with two attached hydrogens (primary N) is 1. The van der Waals surface area contributed by atoms with E-state index in [9.17, 15) is 4.79 Å². The summed E-state index contributed by atoms with van der Waals surface area (Å²) in [5, 5.41) is 3.57. The number of nitrogens with one attached hydrogen (secondary N) is 1. The fourth-order valence-electron chi connectivity index (χ4n) is 2.74. The molecule has 1 fully saturated rings. The van der Waals surface area contributed by atoms with Gasteiger partial charge in [-0.3, -0.25) is 4.79 Å². The van der Waals surface area contributed by atoms with Crippen molar-refractivity contribution in [3.05, 3.63) is 29.8 Å². The molecule has 0 bridgehead atoms. The van der Waals surface area contributed by atoms with Crippen LogP contribution in [0.5, 0.6) is 0 Å². The lowest BCUT2D eigenvalue weighted by molar-refractivity contribution is -0.128. The molecule has 1 aliphatic rings. The highest BCUT2D eigenvalue weighted by Gasteiger charge is 2.18. The average Bonchev–Trinajstić information content (AvgIpc) is 2.39. The molecule has 1 aliphatic carbocycles. The number of hydrogen-bond donors (Lipinski definition) is 2. The second-order valence-corrected chi connectivity index (χ2v) is 5.84. The van der Waals surface area contributed by atoms with Gasteiger partial charge in [0.05, 0.1) is 0 Å². The van der Waals surface area contributed by atoms with Crippen molar-refractivity contribution in [3.63, 3.8) is 0 Å². The van der Waals surface area contributed by atoms with Crippen molar-refractivity contribution in [2.45, 2.75) is 51.2 Å². The molecule has 2 rings (SSSR count). The summed E-state index contributed by atoms with van der Waals surface area (Å²) in [5.41, 5.74) is 8.29. The smallest absolute Gasteiger partial charge is 0.219 e. The summed E-state index contributed by atoms with van der Waals surface area (Å²) in [7, 11) is 1.82. The SMILES string of the molecule is CC(=O)N(C)Cc1cccc(NC2CCCC(N)C2)c1. The topological polar surface area (TPSA) is 58.4 Å². The number of benzene rings is 1. The minimum atomic E-state index is 0.0848. The third kappa shape index (κ3) is 4.23. The Hall–Kier alpha value is -1.55. The van der Waals surface area contributed by atoms with Crippen LogP contribution < -0.4 is 11.1 Å². The molecule has 1 aromatic carbocycles. The van der Waals surface area contributed by atoms with Crippen molar-refractivity contribution in [3.8, 4) is 0 Å². The number of hydrogen-bond acceptors (Lipinski definition) is 3. The fourth-order valence-corrected chi connectivity index (χ4v) is 2.74. The van der Waals surface area contributed by atoms with E-state index in [-0.39, 0.29) is 5.91 Å². The van der Waals surface area contributed by atoms with Crippen LogP contribution in [-0.4, -0.2) is 29.9 Å². The molecule has 0 aliphatic heterocycles. The van der Waals surface area contributed by atoms with Crippen molar-refractivity contribution in [2.75, 3.05) is 12.4 Å². The zero-order chi connectivity index (χ0) is 14.5. The molecule has 0 aromatic heterocycles. The Kier molecular flexibility index (Phi) is 5.01. The van der Waals surface area contributed by atoms with Crippen LogP contribution in [-0.2, 0) is 11.3 Å². The fraction of sp³-hybridized carbons (Fsp3) is 0.562. The van der Waals surface area contributed by atoms with E-state index < -0.39 is 0 Å². The molecule has 1 amide bonds. The number of anilines is 1. The van der Waals surface area contributed by atoms with Crippen molar-refractivity contribution in [1.82, 2.24) is 4.90 Å². The quantitative estimate of drug-likeness (QED) is 0.887. The van der Waals surface area contributed by atoms with E-state index in [4.69, 9.17) is 5.73 Å². The summed E-state index contributed by atoms with van der Waals surface area (Å²) in [6.07, 6.45) is 4.57. The van der Waals surface area contributed by atoms with E-state index in [1.807, 2.05) is 13.1 Å². The largest absolute Gasteiger partial charge is 0.382 e. The molecular weight excluding hydrogens is 250 g/mol. The summed E-state index contributed by atoms with van der Waals surface area (Å²) in [6, 6.07) is 9.09. The maximum atomic E-state index is 11.3. The van der Waals surface area contributed by atoms with Crippen LogP contribution in [0.25, 0.3) is 0 Å². The Morgan fingerprint density at radius 1 is 1.45 bits per heavy atom. The minimum Gasteiger partial charge on any atom is -0.382 e. The molecule has 0 spiro atoms. The Labute approximate surface area is 121 Å². The van der Waals surface area contributed by atoms with Gasteiger partial charge in [0.2, 0.25) is 5.91 Å². The van der Waals surface area contributed by atoms with E-state index in [2.05, 4.69) is 23.5 Å². The van der Waals surface area contributed by atoms with E-state index in [0.717, 1.165) is 24.1 Å². The first-order chi connectivity index (χ1) is 9.54. The van der Waals surface area contributed by atoms with Gasteiger partial charge >= 0.3 is 0 Å². The molecule has 4 heteroatoms. The van der Waals surface area contributed by atoms with Crippen molar-refractivity contribution < 1.29 is 4.79 Å². The molecule has 2 unspecified atom stereocenters. The van der Waals surface area contributed by atoms with Crippen LogP contribution in [0.15, 0.2) is 24.3 Å². The highest BCUT2D eigenvalue weighted by Crippen LogP contribution is 2.22. The van der Waals surface area contributed by atoms with Gasteiger partial charge in [0.25, 0.3) is 0 Å². The number of carbonyl (C=O) groups is 1. The lowest BCUT2D eigenvalue weighted by Crippen LogP contribution is -2.34. The van der Waals surface area contributed by atoms with Crippen LogP contribution in [0.2, 0.25) is 0 Å². The molecule has 1 saturated carbocycles. The maximum Gasteiger partial charge on any atom is 0.219 e. The van der Waals surface area contributed by atoms with Gasteiger partial charge in [0, 0.05) is 38.3 Å². The molecule has 20 heavy (non-hydrogen) atoms. The first-order valence-electron chi connectivity index (χ1n) is 7.37. The van der Waals surface area contributed by atoms with E-state index >= 15 is 0 Å². The third-order valence-electron chi connectivity index (χ3n) is 3.97. The minimum absolute atomic E-state index is 0.0848. The Morgan fingerprint density at radius 2 is 2.25 bits per heavy atom. The van der Waals surface area contributed by atoms with Crippen molar-refractivity contribution >= 4 is 11.6 Å². The van der Waals surface area contributed by atoms with Gasteiger partial charge in [-0.2, -0.15) is 0 Å². The van der Waals surface area contributed by atoms with Crippen LogP contribution >= 0.6 is 0 Å². The predicted octanol–water partition coefficient (Wildman–Crippen LogP) is 2.35. The zero-order valence-electron chi connectivity index (χ0n) is 12.4. The number of amides is 1. The van der Waals surface area contributed by atoms with E-state index in [1.54, 1.807) is 11.8 Å².